The van der Waals surface area contributed by atoms with Crippen molar-refractivity contribution < 1.29 is 4.79 Å². The monoisotopic (exact) mass is 307 g/mol. The van der Waals surface area contributed by atoms with E-state index in [4.69, 9.17) is 0 Å². The van der Waals surface area contributed by atoms with Gasteiger partial charge in [0.15, 0.2) is 0 Å². The topological polar surface area (TPSA) is 46.9 Å². The van der Waals surface area contributed by atoms with Crippen molar-refractivity contribution in [1.29, 1.82) is 0 Å². The summed E-state index contributed by atoms with van der Waals surface area (Å²) >= 11 is 0. The van der Waals surface area contributed by atoms with Crippen molar-refractivity contribution in [3.8, 4) is 0 Å². The predicted molar refractivity (Wildman–Crippen MR) is 92.1 cm³/mol. The lowest BCUT2D eigenvalue weighted by molar-refractivity contribution is -0.121. The van der Waals surface area contributed by atoms with Crippen LogP contribution in [0.1, 0.15) is 18.4 Å². The van der Waals surface area contributed by atoms with Crippen molar-refractivity contribution in [3.05, 3.63) is 66.5 Å². The molecule has 1 heterocycles. The zero-order valence-electron chi connectivity index (χ0n) is 13.1. The van der Waals surface area contributed by atoms with Crippen LogP contribution in [0.4, 0.5) is 0 Å². The van der Waals surface area contributed by atoms with Crippen LogP contribution in [0.3, 0.4) is 0 Å². The van der Waals surface area contributed by atoms with Gasteiger partial charge >= 0.3 is 0 Å². The molecule has 4 nitrogen and oxygen atoms in total. The molecular formula is C19H21N3O. The smallest absolute Gasteiger partial charge is 0.221 e. The third-order valence-electron chi connectivity index (χ3n) is 3.91. The van der Waals surface area contributed by atoms with Gasteiger partial charge in [-0.15, -0.1) is 0 Å². The number of amides is 1. The van der Waals surface area contributed by atoms with E-state index in [1.807, 2.05) is 47.0 Å². The zero-order chi connectivity index (χ0) is 15.9. The Kier molecular flexibility index (Phi) is 5.04. The molecule has 0 aliphatic carbocycles. The van der Waals surface area contributed by atoms with Crippen LogP contribution >= 0.6 is 0 Å². The number of nitrogens with one attached hydrogen (secondary N) is 1. The molecule has 0 saturated heterocycles. The molecule has 0 aliphatic heterocycles. The Morgan fingerprint density at radius 2 is 1.83 bits per heavy atom. The van der Waals surface area contributed by atoms with Gasteiger partial charge in [0, 0.05) is 19.5 Å². The van der Waals surface area contributed by atoms with Crippen molar-refractivity contribution in [2.24, 2.45) is 0 Å². The molecule has 0 aliphatic rings. The second-order valence-electron chi connectivity index (χ2n) is 5.62. The fourth-order valence-electron chi connectivity index (χ4n) is 2.66. The minimum atomic E-state index is 0.0934. The molecule has 1 amide bonds. The van der Waals surface area contributed by atoms with Crippen LogP contribution in [0.15, 0.2) is 60.9 Å². The second-order valence-corrected chi connectivity index (χ2v) is 5.62. The molecule has 0 saturated carbocycles. The molecule has 3 aromatic rings. The number of carbonyl (C=O) groups is 1. The summed E-state index contributed by atoms with van der Waals surface area (Å²) in [6.45, 7) is 1.38. The van der Waals surface area contributed by atoms with Crippen LogP contribution in [-0.2, 0) is 17.8 Å². The first-order valence-corrected chi connectivity index (χ1v) is 8.03. The van der Waals surface area contributed by atoms with Gasteiger partial charge in [0.2, 0.25) is 5.91 Å². The van der Waals surface area contributed by atoms with Gasteiger partial charge in [-0.25, -0.2) is 4.98 Å². The van der Waals surface area contributed by atoms with Gasteiger partial charge in [-0.2, -0.15) is 0 Å². The van der Waals surface area contributed by atoms with E-state index in [0.717, 1.165) is 30.4 Å². The number of aryl methyl sites for hydroxylation is 2. The maximum atomic E-state index is 11.9. The molecule has 0 radical (unpaired) electrons. The zero-order valence-corrected chi connectivity index (χ0v) is 13.1. The van der Waals surface area contributed by atoms with Crippen molar-refractivity contribution in [3.63, 3.8) is 0 Å². The molecule has 4 heteroatoms. The summed E-state index contributed by atoms with van der Waals surface area (Å²) in [6, 6.07) is 18.3. The number of fused-ring (bicyclic) bond motifs is 1. The Morgan fingerprint density at radius 3 is 2.70 bits per heavy atom. The Hall–Kier alpha value is -2.62. The molecule has 1 N–H and O–H groups in total. The van der Waals surface area contributed by atoms with E-state index in [2.05, 4.69) is 22.4 Å². The molecular weight excluding hydrogens is 286 g/mol. The normalized spacial score (nSPS) is 10.8. The van der Waals surface area contributed by atoms with Crippen LogP contribution in [0, 0.1) is 0 Å². The highest BCUT2D eigenvalue weighted by atomic mass is 16.1. The first-order valence-electron chi connectivity index (χ1n) is 8.03. The van der Waals surface area contributed by atoms with Gasteiger partial charge in [0.1, 0.15) is 0 Å². The second kappa shape index (κ2) is 7.58. The van der Waals surface area contributed by atoms with Crippen LogP contribution in [0.25, 0.3) is 11.0 Å². The minimum absolute atomic E-state index is 0.0934. The van der Waals surface area contributed by atoms with Crippen LogP contribution in [0.2, 0.25) is 0 Å². The van der Waals surface area contributed by atoms with E-state index in [0.29, 0.717) is 13.0 Å². The summed E-state index contributed by atoms with van der Waals surface area (Å²) in [7, 11) is 0. The summed E-state index contributed by atoms with van der Waals surface area (Å²) in [6.07, 6.45) is 4.23. The van der Waals surface area contributed by atoms with E-state index in [-0.39, 0.29) is 5.91 Å². The fraction of sp³-hybridized carbons (Fsp3) is 0.263. The van der Waals surface area contributed by atoms with Gasteiger partial charge < -0.3 is 9.88 Å². The van der Waals surface area contributed by atoms with Crippen molar-refractivity contribution in [2.45, 2.75) is 25.8 Å². The molecule has 23 heavy (non-hydrogen) atoms. The molecule has 3 rings (SSSR count). The average Bonchev–Trinajstić information content (AvgIpc) is 3.01. The molecule has 0 fully saturated rings. The number of nitrogens with zero attached hydrogens (tertiary/aromatic N) is 2. The van der Waals surface area contributed by atoms with Gasteiger partial charge in [-0.3, -0.25) is 4.79 Å². The van der Waals surface area contributed by atoms with Crippen molar-refractivity contribution in [2.75, 3.05) is 6.54 Å². The van der Waals surface area contributed by atoms with Crippen molar-refractivity contribution in [1.82, 2.24) is 14.9 Å². The third kappa shape index (κ3) is 4.19. The predicted octanol–water partition coefficient (Wildman–Crippen LogP) is 3.18. The molecule has 2 aromatic carbocycles. The van der Waals surface area contributed by atoms with Crippen LogP contribution in [0.5, 0.6) is 0 Å². The third-order valence-corrected chi connectivity index (χ3v) is 3.91. The Bertz CT molecular complexity index is 764. The highest BCUT2D eigenvalue weighted by Gasteiger charge is 2.05. The van der Waals surface area contributed by atoms with E-state index >= 15 is 0 Å². The summed E-state index contributed by atoms with van der Waals surface area (Å²) in [4.78, 5) is 16.3. The maximum absolute atomic E-state index is 11.9. The molecule has 0 spiro atoms. The molecule has 0 unspecified atom stereocenters. The number of carbonyl (C=O) groups excluding carboxylic acids is 1. The SMILES string of the molecule is O=C(CCn1cnc2ccccc21)NCCCc1ccccc1. The fourth-order valence-corrected chi connectivity index (χ4v) is 2.66. The summed E-state index contributed by atoms with van der Waals surface area (Å²) in [5.41, 5.74) is 3.35. The van der Waals surface area contributed by atoms with Crippen LogP contribution < -0.4 is 5.32 Å². The van der Waals surface area contributed by atoms with E-state index in [1.54, 1.807) is 6.33 Å². The standard InChI is InChI=1S/C19H21N3O/c23-19(20-13-6-9-16-7-2-1-3-8-16)12-14-22-15-21-17-10-4-5-11-18(17)22/h1-5,7-8,10-11,15H,6,9,12-14H2,(H,20,23). The van der Waals surface area contributed by atoms with Gasteiger partial charge in [-0.1, -0.05) is 42.5 Å². The summed E-state index contributed by atoms with van der Waals surface area (Å²) in [5.74, 6) is 0.0934. The largest absolute Gasteiger partial charge is 0.356 e. The van der Waals surface area contributed by atoms with E-state index < -0.39 is 0 Å². The minimum Gasteiger partial charge on any atom is -0.356 e. The number of benzene rings is 2. The van der Waals surface area contributed by atoms with Gasteiger partial charge in [-0.05, 0) is 30.5 Å². The molecule has 0 bridgehead atoms. The van der Waals surface area contributed by atoms with Gasteiger partial charge in [0.05, 0.1) is 17.4 Å². The number of hydrogen-bond acceptors (Lipinski definition) is 2. The highest BCUT2D eigenvalue weighted by molar-refractivity contribution is 5.77. The quantitative estimate of drug-likeness (QED) is 0.682. The Labute approximate surface area is 136 Å². The summed E-state index contributed by atoms with van der Waals surface area (Å²) < 4.78 is 2.03. The molecule has 118 valence electrons. The number of para-hydroxylation sites is 2. The van der Waals surface area contributed by atoms with E-state index in [1.165, 1.54) is 5.56 Å². The Morgan fingerprint density at radius 1 is 1.04 bits per heavy atom. The lowest BCUT2D eigenvalue weighted by atomic mass is 10.1. The Balaban J connectivity index is 1.40. The maximum Gasteiger partial charge on any atom is 0.221 e. The lowest BCUT2D eigenvalue weighted by Gasteiger charge is -2.07. The average molecular weight is 307 g/mol. The highest BCUT2D eigenvalue weighted by Crippen LogP contribution is 2.12. The number of imidazole rings is 1. The van der Waals surface area contributed by atoms with Gasteiger partial charge in [0.25, 0.3) is 0 Å². The van der Waals surface area contributed by atoms with Crippen molar-refractivity contribution >= 4 is 16.9 Å². The van der Waals surface area contributed by atoms with Crippen LogP contribution in [-0.4, -0.2) is 22.0 Å². The number of aromatic nitrogens is 2. The first kappa shape index (κ1) is 15.3. The lowest BCUT2D eigenvalue weighted by Crippen LogP contribution is -2.25. The number of hydrogen-bond donors (Lipinski definition) is 1. The summed E-state index contributed by atoms with van der Waals surface area (Å²) in [5, 5.41) is 2.99. The molecule has 0 atom stereocenters. The molecule has 1 aromatic heterocycles. The van der Waals surface area contributed by atoms with E-state index in [9.17, 15) is 4.79 Å². The number of rotatable bonds is 7. The first-order chi connectivity index (χ1) is 11.3.